The molecule has 16 heavy (non-hydrogen) atoms. The largest absolute Gasteiger partial charge is 0.309 e. The Hall–Kier alpha value is -2.11. The molecule has 0 aromatic carbocycles. The number of hydrogen-bond donors (Lipinski definition) is 3. The molecule has 2 aromatic heterocycles. The number of aromatic amines is 2. The summed E-state index contributed by atoms with van der Waals surface area (Å²) in [5, 5.41) is 16.1. The van der Waals surface area contributed by atoms with Crippen molar-refractivity contribution in [1.29, 1.82) is 0 Å². The second-order valence-electron chi connectivity index (χ2n) is 3.63. The van der Waals surface area contributed by atoms with Crippen LogP contribution >= 0.6 is 0 Å². The van der Waals surface area contributed by atoms with Crippen LogP contribution in [-0.4, -0.2) is 26.3 Å². The average Bonchev–Trinajstić information content (AvgIpc) is 2.83. The van der Waals surface area contributed by atoms with E-state index < -0.39 is 0 Å². The summed E-state index contributed by atoms with van der Waals surface area (Å²) in [5.74, 6) is 0.473. The van der Waals surface area contributed by atoms with Gasteiger partial charge < -0.3 is 5.32 Å². The molecule has 0 atom stereocenters. The lowest BCUT2D eigenvalue weighted by atomic mass is 10.2. The van der Waals surface area contributed by atoms with E-state index in [1.165, 1.54) is 0 Å². The number of nitrogens with one attached hydrogen (secondary N) is 3. The molecule has 3 N–H and O–H groups in total. The molecular weight excluding hydrogens is 206 g/mol. The van der Waals surface area contributed by atoms with Gasteiger partial charge >= 0.3 is 0 Å². The molecule has 6 nitrogen and oxygen atoms in total. The molecule has 6 heteroatoms. The number of nitrogens with zero attached hydrogens (tertiary/aromatic N) is 2. The summed E-state index contributed by atoms with van der Waals surface area (Å²) in [6, 6.07) is 1.77. The van der Waals surface area contributed by atoms with Gasteiger partial charge in [0.15, 0.2) is 5.82 Å². The summed E-state index contributed by atoms with van der Waals surface area (Å²) in [4.78, 5) is 11.6. The highest BCUT2D eigenvalue weighted by Crippen LogP contribution is 2.13. The molecule has 0 aliphatic heterocycles. The molecule has 0 fully saturated rings. The first-order valence-electron chi connectivity index (χ1n) is 4.96. The number of hydrogen-bond acceptors (Lipinski definition) is 3. The summed E-state index contributed by atoms with van der Waals surface area (Å²) in [5.41, 5.74) is 2.69. The maximum absolute atomic E-state index is 11.6. The normalized spacial score (nSPS) is 10.4. The maximum atomic E-state index is 11.6. The van der Waals surface area contributed by atoms with Crippen LogP contribution in [0.25, 0.3) is 0 Å². The topological polar surface area (TPSA) is 86.5 Å². The van der Waals surface area contributed by atoms with Crippen LogP contribution in [0, 0.1) is 13.8 Å². The molecule has 2 heterocycles. The molecule has 0 bridgehead atoms. The Bertz CT molecular complexity index is 485. The van der Waals surface area contributed by atoms with Gasteiger partial charge in [-0.15, -0.1) is 0 Å². The van der Waals surface area contributed by atoms with Gasteiger partial charge in [-0.3, -0.25) is 15.0 Å². The van der Waals surface area contributed by atoms with E-state index in [1.54, 1.807) is 12.3 Å². The third kappa shape index (κ3) is 2.10. The molecule has 0 saturated carbocycles. The Morgan fingerprint density at radius 3 is 2.81 bits per heavy atom. The van der Waals surface area contributed by atoms with Crippen molar-refractivity contribution in [3.8, 4) is 0 Å². The van der Waals surface area contributed by atoms with E-state index in [0.717, 1.165) is 17.0 Å². The second-order valence-corrected chi connectivity index (χ2v) is 3.63. The van der Waals surface area contributed by atoms with Crippen molar-refractivity contribution in [3.05, 3.63) is 29.2 Å². The summed E-state index contributed by atoms with van der Waals surface area (Å²) >= 11 is 0. The molecule has 0 spiro atoms. The van der Waals surface area contributed by atoms with Crippen molar-refractivity contribution in [2.45, 2.75) is 20.3 Å². The van der Waals surface area contributed by atoms with E-state index >= 15 is 0 Å². The maximum Gasteiger partial charge on any atom is 0.231 e. The first kappa shape index (κ1) is 10.4. The van der Waals surface area contributed by atoms with Gasteiger partial charge in [0.25, 0.3) is 0 Å². The van der Waals surface area contributed by atoms with E-state index in [0.29, 0.717) is 5.82 Å². The number of anilines is 1. The Balaban J connectivity index is 2.00. The van der Waals surface area contributed by atoms with Crippen molar-refractivity contribution >= 4 is 11.7 Å². The molecule has 2 aromatic rings. The van der Waals surface area contributed by atoms with Crippen LogP contribution in [0.1, 0.15) is 17.0 Å². The van der Waals surface area contributed by atoms with Crippen molar-refractivity contribution in [1.82, 2.24) is 20.4 Å². The van der Waals surface area contributed by atoms with Crippen molar-refractivity contribution in [3.63, 3.8) is 0 Å². The lowest BCUT2D eigenvalue weighted by Gasteiger charge is -2.01. The number of H-pyrrole nitrogens is 2. The Morgan fingerprint density at radius 2 is 2.25 bits per heavy atom. The van der Waals surface area contributed by atoms with E-state index in [-0.39, 0.29) is 12.3 Å². The van der Waals surface area contributed by atoms with Crippen LogP contribution in [0.2, 0.25) is 0 Å². The molecule has 0 saturated heterocycles. The zero-order valence-corrected chi connectivity index (χ0v) is 9.16. The van der Waals surface area contributed by atoms with E-state index in [9.17, 15) is 4.79 Å². The lowest BCUT2D eigenvalue weighted by molar-refractivity contribution is -0.115. The van der Waals surface area contributed by atoms with Crippen LogP contribution in [0.3, 0.4) is 0 Å². The molecule has 84 valence electrons. The van der Waals surface area contributed by atoms with Gasteiger partial charge in [-0.2, -0.15) is 10.2 Å². The van der Waals surface area contributed by atoms with Crippen LogP contribution in [0.4, 0.5) is 5.82 Å². The van der Waals surface area contributed by atoms with Crippen LogP contribution in [0.5, 0.6) is 0 Å². The highest BCUT2D eigenvalue weighted by molar-refractivity contribution is 5.91. The van der Waals surface area contributed by atoms with Crippen LogP contribution in [0.15, 0.2) is 12.3 Å². The first-order chi connectivity index (χ1) is 7.66. The number of rotatable bonds is 3. The predicted molar refractivity (Wildman–Crippen MR) is 59.0 cm³/mol. The zero-order chi connectivity index (χ0) is 11.5. The zero-order valence-electron chi connectivity index (χ0n) is 9.16. The van der Waals surface area contributed by atoms with Gasteiger partial charge in [0.05, 0.1) is 6.42 Å². The number of aryl methyl sites for hydroxylation is 1. The minimum atomic E-state index is -0.112. The third-order valence-corrected chi connectivity index (χ3v) is 2.42. The molecule has 1 amide bonds. The van der Waals surface area contributed by atoms with Crippen LogP contribution < -0.4 is 5.32 Å². The SMILES string of the molecule is Cc1[nH]nc(NC(=O)Cc2ccn[nH]2)c1C. The fourth-order valence-electron chi connectivity index (χ4n) is 1.34. The molecule has 0 aliphatic carbocycles. The molecule has 2 rings (SSSR count). The third-order valence-electron chi connectivity index (χ3n) is 2.42. The summed E-state index contributed by atoms with van der Waals surface area (Å²) in [6.45, 7) is 3.82. The van der Waals surface area contributed by atoms with Gasteiger partial charge in [0, 0.05) is 23.1 Å². The summed E-state index contributed by atoms with van der Waals surface area (Å²) in [6.07, 6.45) is 1.89. The number of amides is 1. The van der Waals surface area contributed by atoms with Crippen molar-refractivity contribution in [2.24, 2.45) is 0 Å². The Kier molecular flexibility index (Phi) is 2.72. The lowest BCUT2D eigenvalue weighted by Crippen LogP contribution is -2.15. The Labute approximate surface area is 92.5 Å². The minimum Gasteiger partial charge on any atom is -0.309 e. The quantitative estimate of drug-likeness (QED) is 0.717. The predicted octanol–water partition coefficient (Wildman–Crippen LogP) is 0.931. The van der Waals surface area contributed by atoms with E-state index in [4.69, 9.17) is 0 Å². The van der Waals surface area contributed by atoms with Gasteiger partial charge in [0.2, 0.25) is 5.91 Å². The highest BCUT2D eigenvalue weighted by Gasteiger charge is 2.10. The molecular formula is C10H13N5O. The molecule has 0 aliphatic rings. The Morgan fingerprint density at radius 1 is 1.44 bits per heavy atom. The number of carbonyl (C=O) groups is 1. The number of carbonyl (C=O) groups excluding carboxylic acids is 1. The van der Waals surface area contributed by atoms with E-state index in [1.807, 2.05) is 13.8 Å². The standard InChI is InChI=1S/C10H13N5O/c1-6-7(2)13-15-10(6)12-9(16)5-8-3-4-11-14-8/h3-4H,5H2,1-2H3,(H,11,14)(H2,12,13,15,16). The smallest absolute Gasteiger partial charge is 0.231 e. The van der Waals surface area contributed by atoms with Crippen LogP contribution in [-0.2, 0) is 11.2 Å². The monoisotopic (exact) mass is 219 g/mol. The summed E-state index contributed by atoms with van der Waals surface area (Å²) in [7, 11) is 0. The van der Waals surface area contributed by atoms with Gasteiger partial charge in [-0.25, -0.2) is 0 Å². The summed E-state index contributed by atoms with van der Waals surface area (Å²) < 4.78 is 0. The average molecular weight is 219 g/mol. The van der Waals surface area contributed by atoms with E-state index in [2.05, 4.69) is 25.7 Å². The van der Waals surface area contributed by atoms with Gasteiger partial charge in [-0.05, 0) is 19.9 Å². The first-order valence-corrected chi connectivity index (χ1v) is 4.96. The second kappa shape index (κ2) is 4.18. The van der Waals surface area contributed by atoms with Crippen molar-refractivity contribution < 1.29 is 4.79 Å². The fraction of sp³-hybridized carbons (Fsp3) is 0.300. The van der Waals surface area contributed by atoms with Crippen molar-refractivity contribution in [2.75, 3.05) is 5.32 Å². The fourth-order valence-corrected chi connectivity index (χ4v) is 1.34. The highest BCUT2D eigenvalue weighted by atomic mass is 16.1. The molecule has 0 unspecified atom stereocenters. The minimum absolute atomic E-state index is 0.112. The van der Waals surface area contributed by atoms with Gasteiger partial charge in [0.1, 0.15) is 0 Å². The molecule has 0 radical (unpaired) electrons. The van der Waals surface area contributed by atoms with Gasteiger partial charge in [-0.1, -0.05) is 0 Å². The number of aromatic nitrogens is 4.